The molecule has 0 bridgehead atoms. The predicted octanol–water partition coefficient (Wildman–Crippen LogP) is 4.66. The molecule has 0 amide bonds. The first-order chi connectivity index (χ1) is 13.2. The molecular weight excluding hydrogens is 338 g/mol. The first-order valence-corrected chi connectivity index (χ1v) is 8.85. The molecule has 0 fully saturated rings. The number of para-hydroxylation sites is 1. The van der Waals surface area contributed by atoms with Crippen molar-refractivity contribution in [3.63, 3.8) is 0 Å². The third-order valence-electron chi connectivity index (χ3n) is 4.48. The number of fused-ring (bicyclic) bond motifs is 1. The molecule has 4 aromatic rings. The lowest BCUT2D eigenvalue weighted by Gasteiger charge is -2.12. The van der Waals surface area contributed by atoms with Crippen molar-refractivity contribution < 1.29 is 4.74 Å². The molecule has 4 rings (SSSR count). The lowest BCUT2D eigenvalue weighted by atomic mass is 10.0. The van der Waals surface area contributed by atoms with Crippen molar-refractivity contribution in [1.29, 1.82) is 0 Å². The molecule has 0 saturated heterocycles. The highest BCUT2D eigenvalue weighted by molar-refractivity contribution is 6.06. The molecule has 0 spiro atoms. The van der Waals surface area contributed by atoms with Gasteiger partial charge in [-0.3, -0.25) is 5.10 Å². The number of nitrogens with two attached hydrogens (primary N) is 1. The SMILES string of the molecule is CCOc1cccc(-c2cnc(Nc3ccccc3C)c3[nH]nc(N)c23)c1. The Labute approximate surface area is 157 Å². The van der Waals surface area contributed by atoms with Crippen LogP contribution in [0.2, 0.25) is 0 Å². The quantitative estimate of drug-likeness (QED) is 0.482. The van der Waals surface area contributed by atoms with Gasteiger partial charge in [0, 0.05) is 17.4 Å². The van der Waals surface area contributed by atoms with E-state index in [1.54, 1.807) is 0 Å². The van der Waals surface area contributed by atoms with Gasteiger partial charge in [-0.05, 0) is 43.2 Å². The van der Waals surface area contributed by atoms with Crippen molar-refractivity contribution in [2.45, 2.75) is 13.8 Å². The minimum absolute atomic E-state index is 0.442. The number of nitrogen functional groups attached to an aromatic ring is 1. The Morgan fingerprint density at radius 2 is 2.00 bits per heavy atom. The maximum absolute atomic E-state index is 6.17. The molecule has 0 aliphatic rings. The third kappa shape index (κ3) is 3.17. The zero-order chi connectivity index (χ0) is 18.8. The van der Waals surface area contributed by atoms with Crippen LogP contribution in [0.15, 0.2) is 54.7 Å². The summed E-state index contributed by atoms with van der Waals surface area (Å²) in [6.07, 6.45) is 1.82. The van der Waals surface area contributed by atoms with Crippen LogP contribution in [0.4, 0.5) is 17.3 Å². The van der Waals surface area contributed by atoms with Gasteiger partial charge in [0.15, 0.2) is 11.6 Å². The van der Waals surface area contributed by atoms with E-state index in [-0.39, 0.29) is 0 Å². The molecule has 136 valence electrons. The second-order valence-electron chi connectivity index (χ2n) is 6.28. The van der Waals surface area contributed by atoms with Crippen LogP contribution in [0.25, 0.3) is 22.0 Å². The van der Waals surface area contributed by atoms with Crippen LogP contribution in [0.3, 0.4) is 0 Å². The van der Waals surface area contributed by atoms with Gasteiger partial charge in [0.1, 0.15) is 11.3 Å². The number of aromatic nitrogens is 3. The number of benzene rings is 2. The highest BCUT2D eigenvalue weighted by atomic mass is 16.5. The summed E-state index contributed by atoms with van der Waals surface area (Å²) < 4.78 is 5.62. The van der Waals surface area contributed by atoms with E-state index in [0.717, 1.165) is 39.0 Å². The van der Waals surface area contributed by atoms with Crippen molar-refractivity contribution in [2.75, 3.05) is 17.7 Å². The van der Waals surface area contributed by atoms with E-state index in [1.165, 1.54) is 0 Å². The van der Waals surface area contributed by atoms with Crippen molar-refractivity contribution in [3.8, 4) is 16.9 Å². The van der Waals surface area contributed by atoms with Gasteiger partial charge in [-0.15, -0.1) is 0 Å². The molecule has 27 heavy (non-hydrogen) atoms. The summed E-state index contributed by atoms with van der Waals surface area (Å²) in [5.41, 5.74) is 11.0. The van der Waals surface area contributed by atoms with Gasteiger partial charge < -0.3 is 15.8 Å². The summed E-state index contributed by atoms with van der Waals surface area (Å²) in [7, 11) is 0. The number of hydrogen-bond donors (Lipinski definition) is 3. The van der Waals surface area contributed by atoms with Crippen molar-refractivity contribution in [2.24, 2.45) is 0 Å². The Kier molecular flexibility index (Phi) is 4.38. The molecular formula is C21H21N5O. The average molecular weight is 359 g/mol. The molecule has 0 unspecified atom stereocenters. The number of pyridine rings is 1. The molecule has 2 heterocycles. The Morgan fingerprint density at radius 3 is 2.81 bits per heavy atom. The van der Waals surface area contributed by atoms with E-state index >= 15 is 0 Å². The standard InChI is InChI=1S/C21H21N5O/c1-3-27-15-9-6-8-14(11-15)16-12-23-21(19-18(16)20(22)26-25-19)24-17-10-5-4-7-13(17)2/h4-12H,3H2,1-2H3,(H,23,24)(H3,22,25,26). The molecule has 0 aliphatic heterocycles. The van der Waals surface area contributed by atoms with Crippen LogP contribution in [0.1, 0.15) is 12.5 Å². The fraction of sp³-hybridized carbons (Fsp3) is 0.143. The van der Waals surface area contributed by atoms with Crippen molar-refractivity contribution in [1.82, 2.24) is 15.2 Å². The van der Waals surface area contributed by atoms with Gasteiger partial charge >= 0.3 is 0 Å². The zero-order valence-electron chi connectivity index (χ0n) is 15.3. The fourth-order valence-corrected chi connectivity index (χ4v) is 3.13. The van der Waals surface area contributed by atoms with Crippen LogP contribution in [-0.4, -0.2) is 21.8 Å². The Morgan fingerprint density at radius 1 is 1.15 bits per heavy atom. The Bertz CT molecular complexity index is 1100. The van der Waals surface area contributed by atoms with Gasteiger partial charge in [-0.2, -0.15) is 5.10 Å². The highest BCUT2D eigenvalue weighted by Crippen LogP contribution is 2.36. The van der Waals surface area contributed by atoms with Gasteiger partial charge in [-0.25, -0.2) is 4.98 Å². The Hall–Kier alpha value is -3.54. The number of aryl methyl sites for hydroxylation is 1. The molecule has 0 saturated carbocycles. The second-order valence-corrected chi connectivity index (χ2v) is 6.28. The molecule has 0 aliphatic carbocycles. The topological polar surface area (TPSA) is 88.8 Å². The number of ether oxygens (including phenoxy) is 1. The largest absolute Gasteiger partial charge is 0.494 e. The molecule has 0 radical (unpaired) electrons. The summed E-state index contributed by atoms with van der Waals surface area (Å²) in [6.45, 7) is 4.63. The zero-order valence-corrected chi connectivity index (χ0v) is 15.3. The van der Waals surface area contributed by atoms with Gasteiger partial charge in [0.05, 0.1) is 12.0 Å². The summed E-state index contributed by atoms with van der Waals surface area (Å²) >= 11 is 0. The molecule has 6 nitrogen and oxygen atoms in total. The monoisotopic (exact) mass is 359 g/mol. The van der Waals surface area contributed by atoms with E-state index in [2.05, 4.69) is 33.5 Å². The normalized spacial score (nSPS) is 10.9. The first kappa shape index (κ1) is 16.9. The Balaban J connectivity index is 1.82. The van der Waals surface area contributed by atoms with E-state index in [4.69, 9.17) is 10.5 Å². The smallest absolute Gasteiger partial charge is 0.156 e. The maximum Gasteiger partial charge on any atom is 0.156 e. The average Bonchev–Trinajstić information content (AvgIpc) is 3.07. The van der Waals surface area contributed by atoms with Gasteiger partial charge in [0.25, 0.3) is 0 Å². The number of hydrogen-bond acceptors (Lipinski definition) is 5. The van der Waals surface area contributed by atoms with Gasteiger partial charge in [-0.1, -0.05) is 30.3 Å². The lowest BCUT2D eigenvalue weighted by Crippen LogP contribution is -1.98. The van der Waals surface area contributed by atoms with E-state index < -0.39 is 0 Å². The fourth-order valence-electron chi connectivity index (χ4n) is 3.13. The molecule has 0 atom stereocenters. The summed E-state index contributed by atoms with van der Waals surface area (Å²) in [4.78, 5) is 4.63. The van der Waals surface area contributed by atoms with E-state index in [0.29, 0.717) is 18.2 Å². The van der Waals surface area contributed by atoms with Crippen LogP contribution in [-0.2, 0) is 0 Å². The van der Waals surface area contributed by atoms with Crippen LogP contribution in [0, 0.1) is 6.92 Å². The predicted molar refractivity (Wildman–Crippen MR) is 109 cm³/mol. The minimum atomic E-state index is 0.442. The number of rotatable bonds is 5. The molecule has 6 heteroatoms. The third-order valence-corrected chi connectivity index (χ3v) is 4.48. The van der Waals surface area contributed by atoms with E-state index in [9.17, 15) is 0 Å². The molecule has 4 N–H and O–H groups in total. The van der Waals surface area contributed by atoms with Crippen LogP contribution < -0.4 is 15.8 Å². The lowest BCUT2D eigenvalue weighted by molar-refractivity contribution is 0.340. The van der Waals surface area contributed by atoms with Crippen molar-refractivity contribution in [3.05, 3.63) is 60.3 Å². The summed E-state index contributed by atoms with van der Waals surface area (Å²) in [5.74, 6) is 1.94. The second kappa shape index (κ2) is 6.99. The van der Waals surface area contributed by atoms with Crippen LogP contribution >= 0.6 is 0 Å². The highest BCUT2D eigenvalue weighted by Gasteiger charge is 2.16. The number of H-pyrrole nitrogens is 1. The maximum atomic E-state index is 6.17. The first-order valence-electron chi connectivity index (χ1n) is 8.85. The molecule has 2 aromatic carbocycles. The number of anilines is 3. The minimum Gasteiger partial charge on any atom is -0.494 e. The summed E-state index contributed by atoms with van der Waals surface area (Å²) in [6, 6.07) is 16.0. The molecule has 2 aromatic heterocycles. The summed E-state index contributed by atoms with van der Waals surface area (Å²) in [5, 5.41) is 11.4. The van der Waals surface area contributed by atoms with Crippen LogP contribution in [0.5, 0.6) is 5.75 Å². The number of nitrogens with one attached hydrogen (secondary N) is 2. The van der Waals surface area contributed by atoms with E-state index in [1.807, 2.05) is 55.6 Å². The number of nitrogens with zero attached hydrogens (tertiary/aromatic N) is 2. The van der Waals surface area contributed by atoms with Crippen molar-refractivity contribution >= 4 is 28.2 Å². The number of aromatic amines is 1. The van der Waals surface area contributed by atoms with Gasteiger partial charge in [0.2, 0.25) is 0 Å².